The van der Waals surface area contributed by atoms with E-state index >= 15 is 0 Å². The summed E-state index contributed by atoms with van der Waals surface area (Å²) in [6, 6.07) is 6.37. The maximum absolute atomic E-state index is 11.6. The van der Waals surface area contributed by atoms with E-state index in [0.29, 0.717) is 11.8 Å². The first kappa shape index (κ1) is 58.8. The quantitative estimate of drug-likeness (QED) is 0.158. The first-order valence-corrected chi connectivity index (χ1v) is 22.8. The summed E-state index contributed by atoms with van der Waals surface area (Å²) in [5, 5.41) is 8.92. The molecule has 2 saturated heterocycles. The number of hydrogen-bond acceptors (Lipinski definition) is 5. The third-order valence-electron chi connectivity index (χ3n) is 11.0. The molecular weight excluding hydrogens is 750 g/mol. The fourth-order valence-corrected chi connectivity index (χ4v) is 8.18. The molecule has 0 aromatic heterocycles. The van der Waals surface area contributed by atoms with Gasteiger partial charge in [-0.05, 0) is 56.6 Å². The molecule has 59 heavy (non-hydrogen) atoms. The Balaban J connectivity index is 0.000000790. The van der Waals surface area contributed by atoms with Crippen LogP contribution in [0.3, 0.4) is 0 Å². The van der Waals surface area contributed by atoms with Crippen LogP contribution in [0.4, 0.5) is 0 Å². The van der Waals surface area contributed by atoms with E-state index in [0.717, 1.165) is 50.5 Å². The number of halogens is 1. The Bertz CT molecular complexity index is 1330. The van der Waals surface area contributed by atoms with Crippen molar-refractivity contribution in [2.24, 2.45) is 23.7 Å². The lowest BCUT2D eigenvalue weighted by Gasteiger charge is -2.45. The Kier molecular flexibility index (Phi) is 29.2. The monoisotopic (exact) mass is 800 g/mol. The summed E-state index contributed by atoms with van der Waals surface area (Å²) in [4.78, 5) is 27.3. The van der Waals surface area contributed by atoms with Crippen LogP contribution < -0.4 is 0 Å². The van der Waals surface area contributed by atoms with Crippen LogP contribution in [0.1, 0.15) is 72.3 Å². The number of aliphatic hydroxyl groups excluding tert-OH is 1. The number of carbonyl (C=O) groups excluding carboxylic acids is 2. The molecule has 2 amide bonds. The zero-order valence-corrected chi connectivity index (χ0v) is 37.7. The van der Waals surface area contributed by atoms with Gasteiger partial charge in [-0.3, -0.25) is 9.59 Å². The molecule has 31 heteroatoms. The van der Waals surface area contributed by atoms with Gasteiger partial charge in [0.25, 0.3) is 9.05 Å². The molecule has 0 spiro atoms. The average molecular weight is 797 g/mol. The molecule has 0 bridgehead atoms. The Morgan fingerprint density at radius 2 is 0.915 bits per heavy atom. The van der Waals surface area contributed by atoms with Gasteiger partial charge in [-0.2, -0.15) is 0 Å². The number of aliphatic hydroxyl groups is 1. The first-order valence-electron chi connectivity index (χ1n) is 20.5. The highest BCUT2D eigenvalue weighted by atomic mass is 35.7. The van der Waals surface area contributed by atoms with Crippen molar-refractivity contribution in [2.45, 2.75) is 78.5 Å². The predicted molar refractivity (Wildman–Crippen MR) is 276 cm³/mol. The third kappa shape index (κ3) is 21.3. The number of aryl methyl sites for hydroxylation is 1. The summed E-state index contributed by atoms with van der Waals surface area (Å²) < 4.78 is 21.4. The van der Waals surface area contributed by atoms with Gasteiger partial charge in [0.1, 0.15) is 0 Å². The molecule has 278 valence electrons. The standard InChI is InChI=1S/C11H21NO.C10H19NO2.C7H7ClO2S.B22/c1-4-10-5-7-12(8-6-10)11(13)9(2)3;1-8(2)10(13)11-5-3-9(7-12)4-6-11;1-6-2-4-7(5-3-6)11(8,9)10;1-13(2)19(14(3)4)22(20(15(5)6)16(7)8)21(17(9)10)18(11)12/h9-10H,4-8H2,1-3H3;8-9,12H,3-7H2,1-2H3;2-5H,1H3;. The van der Waals surface area contributed by atoms with Crippen molar-refractivity contribution >= 4 is 188 Å². The molecule has 1 N–H and O–H groups in total. The van der Waals surface area contributed by atoms with Crippen molar-refractivity contribution in [2.75, 3.05) is 32.8 Å². The van der Waals surface area contributed by atoms with Gasteiger partial charge < -0.3 is 14.9 Å². The summed E-state index contributed by atoms with van der Waals surface area (Å²) in [7, 11) is 71.2. The largest absolute Gasteiger partial charge is 0.396 e. The lowest BCUT2D eigenvalue weighted by atomic mass is 8.36. The van der Waals surface area contributed by atoms with E-state index in [1.165, 1.54) is 31.4 Å². The third-order valence-corrected chi connectivity index (χ3v) is 12.3. The first-order chi connectivity index (χ1) is 27.2. The highest BCUT2D eigenvalue weighted by molar-refractivity contribution is 8.22. The number of amides is 2. The van der Waals surface area contributed by atoms with Crippen molar-refractivity contribution in [1.82, 2.24) is 9.80 Å². The Morgan fingerprint density at radius 1 is 0.627 bits per heavy atom. The molecule has 0 saturated carbocycles. The molecule has 0 aliphatic carbocycles. The van der Waals surface area contributed by atoms with Crippen LogP contribution >= 0.6 is 10.7 Å². The lowest BCUT2D eigenvalue weighted by molar-refractivity contribution is -0.136. The zero-order valence-electron chi connectivity index (χ0n) is 36.2. The molecule has 0 unspecified atom stereocenters. The SMILES string of the molecule is CC(C)C(=O)N1CCC(CO)CC1.CCC1CCN(C(=O)C(C)C)CC1.Cc1ccc(S(=O)(=O)Cl)cc1.[B]B([B])B(B([B])[B])B(B(B([B])[B])B([B])[B])B(B([B])[B])B([B])[B]. The maximum atomic E-state index is 11.6. The van der Waals surface area contributed by atoms with E-state index in [-0.39, 0.29) is 29.2 Å². The fourth-order valence-electron chi connectivity index (χ4n) is 7.41. The van der Waals surface area contributed by atoms with E-state index in [9.17, 15) is 18.0 Å². The second-order valence-corrected chi connectivity index (χ2v) is 19.0. The van der Waals surface area contributed by atoms with Crippen LogP contribution in [-0.4, -0.2) is 225 Å². The van der Waals surface area contributed by atoms with Gasteiger partial charge in [0, 0.05) is 212 Å². The van der Waals surface area contributed by atoms with Crippen molar-refractivity contribution in [1.29, 1.82) is 0 Å². The molecule has 0 atom stereocenters. The van der Waals surface area contributed by atoms with Crippen molar-refractivity contribution < 1.29 is 23.1 Å². The van der Waals surface area contributed by atoms with Gasteiger partial charge in [0.15, 0.2) is 0 Å². The van der Waals surface area contributed by atoms with Gasteiger partial charge in [-0.25, -0.2) is 8.42 Å². The fraction of sp³-hybridized carbons (Fsp3) is 0.714. The summed E-state index contributed by atoms with van der Waals surface area (Å²) >= 11 is 0. The van der Waals surface area contributed by atoms with Gasteiger partial charge in [0.2, 0.25) is 11.8 Å². The predicted octanol–water partition coefficient (Wildman–Crippen LogP) is -3.29. The maximum Gasteiger partial charge on any atom is 0.261 e. The Labute approximate surface area is 383 Å². The van der Waals surface area contributed by atoms with Crippen LogP contribution in [0.2, 0.25) is 0 Å². The molecule has 3 rings (SSSR count). The van der Waals surface area contributed by atoms with Crippen molar-refractivity contribution in [3.8, 4) is 0 Å². The molecule has 24 radical (unpaired) electrons. The zero-order chi connectivity index (χ0) is 45.9. The lowest BCUT2D eigenvalue weighted by Crippen LogP contribution is -2.83. The number of hydrogen-bond donors (Lipinski definition) is 1. The smallest absolute Gasteiger partial charge is 0.261 e. The average Bonchev–Trinajstić information content (AvgIpc) is 3.14. The van der Waals surface area contributed by atoms with Gasteiger partial charge in [-0.15, -0.1) is 0 Å². The molecule has 1 aromatic carbocycles. The molecule has 7 nitrogen and oxygen atoms in total. The highest BCUT2D eigenvalue weighted by Gasteiger charge is 2.46. The van der Waals surface area contributed by atoms with E-state index in [1.54, 1.807) is 12.1 Å². The second kappa shape index (κ2) is 29.3. The topological polar surface area (TPSA) is 95.0 Å². The molecule has 2 aliphatic heterocycles. The number of carbonyl (C=O) groups is 2. The summed E-state index contributed by atoms with van der Waals surface area (Å²) in [6.45, 7) is 15.8. The minimum atomic E-state index is -3.55. The molecule has 1 aromatic rings. The van der Waals surface area contributed by atoms with Crippen molar-refractivity contribution in [3.05, 3.63) is 29.8 Å². The highest BCUT2D eigenvalue weighted by Crippen LogP contribution is 2.21. The van der Waals surface area contributed by atoms with Crippen molar-refractivity contribution in [3.63, 3.8) is 0 Å². The minimum Gasteiger partial charge on any atom is -0.396 e. The summed E-state index contributed by atoms with van der Waals surface area (Å²) in [6.07, 6.45) is -2.76. The van der Waals surface area contributed by atoms with E-state index in [4.69, 9.17) is 109 Å². The number of piperidine rings is 2. The van der Waals surface area contributed by atoms with Crippen LogP contribution in [0.25, 0.3) is 0 Å². The summed E-state index contributed by atoms with van der Waals surface area (Å²) in [5.74, 6) is 2.11. The second-order valence-electron chi connectivity index (χ2n) is 16.5. The van der Waals surface area contributed by atoms with Crippen LogP contribution in [-0.2, 0) is 18.6 Å². The molecule has 2 fully saturated rings. The molecule has 2 aliphatic rings. The van der Waals surface area contributed by atoms with Crippen LogP contribution in [0.5, 0.6) is 0 Å². The number of nitrogens with zero attached hydrogens (tertiary/aromatic N) is 2. The summed E-state index contributed by atoms with van der Waals surface area (Å²) in [5.41, 5.74) is 1.01. The van der Waals surface area contributed by atoms with Gasteiger partial charge >= 0.3 is 0 Å². The molecule has 2 heterocycles. The Hall–Kier alpha value is -0.211. The van der Waals surface area contributed by atoms with E-state index in [2.05, 4.69) is 6.92 Å². The van der Waals surface area contributed by atoms with Gasteiger partial charge in [-0.1, -0.05) is 58.7 Å². The number of rotatable bonds is 14. The number of benzene rings is 1. The Morgan fingerprint density at radius 3 is 1.14 bits per heavy atom. The van der Waals surface area contributed by atoms with Crippen LogP contribution in [0.15, 0.2) is 29.2 Å². The normalized spacial score (nSPS) is 14.2. The van der Waals surface area contributed by atoms with E-state index in [1.807, 2.05) is 44.4 Å². The van der Waals surface area contributed by atoms with E-state index < -0.39 is 72.9 Å². The van der Waals surface area contributed by atoms with Gasteiger partial charge in [0.05, 0.1) is 4.90 Å². The number of likely N-dealkylation sites (tertiary alicyclic amines) is 2. The molecular formula is C28H47B22ClN2O5S. The van der Waals surface area contributed by atoms with Crippen LogP contribution in [0, 0.1) is 30.6 Å². The minimum absolute atomic E-state index is 0.102.